The molecule has 1 aromatic carbocycles. The Balaban J connectivity index is 1.95. The molecule has 0 aliphatic carbocycles. The van der Waals surface area contributed by atoms with Crippen LogP contribution in [0.2, 0.25) is 0 Å². The van der Waals surface area contributed by atoms with Gasteiger partial charge in [-0.05, 0) is 25.1 Å². The molecule has 3 rings (SSSR count). The number of hydrogen-bond acceptors (Lipinski definition) is 4. The summed E-state index contributed by atoms with van der Waals surface area (Å²) in [6, 6.07) is 16.4. The van der Waals surface area contributed by atoms with Gasteiger partial charge in [0, 0.05) is 20.7 Å². The molecule has 0 spiro atoms. The van der Waals surface area contributed by atoms with E-state index in [0.29, 0.717) is 5.57 Å². The first kappa shape index (κ1) is 13.7. The summed E-state index contributed by atoms with van der Waals surface area (Å²) in [5, 5.41) is 12.1. The maximum atomic E-state index is 9.38. The van der Waals surface area contributed by atoms with E-state index in [0.717, 1.165) is 21.1 Å². The first-order chi connectivity index (χ1) is 10.3. The van der Waals surface area contributed by atoms with E-state index < -0.39 is 0 Å². The topological polar surface area (TPSA) is 36.7 Å². The molecular formula is C17H12N2S2. The zero-order valence-electron chi connectivity index (χ0n) is 11.4. The van der Waals surface area contributed by atoms with Crippen LogP contribution >= 0.6 is 22.7 Å². The van der Waals surface area contributed by atoms with Crippen molar-refractivity contribution in [3.05, 3.63) is 62.6 Å². The molecule has 4 heteroatoms. The van der Waals surface area contributed by atoms with E-state index in [1.54, 1.807) is 11.3 Å². The highest BCUT2D eigenvalue weighted by Crippen LogP contribution is 2.28. The van der Waals surface area contributed by atoms with Crippen LogP contribution in [0.15, 0.2) is 47.8 Å². The molecule has 0 saturated heterocycles. The molecule has 0 atom stereocenters. The van der Waals surface area contributed by atoms with E-state index in [1.807, 2.05) is 47.9 Å². The van der Waals surface area contributed by atoms with Gasteiger partial charge in [0.15, 0.2) is 0 Å². The minimum Gasteiger partial charge on any atom is -0.235 e. The summed E-state index contributed by atoms with van der Waals surface area (Å²) < 4.78 is 0. The van der Waals surface area contributed by atoms with Crippen molar-refractivity contribution >= 4 is 34.3 Å². The number of aryl methyl sites for hydroxylation is 1. The van der Waals surface area contributed by atoms with Gasteiger partial charge in [-0.15, -0.1) is 22.7 Å². The van der Waals surface area contributed by atoms with E-state index in [1.165, 1.54) is 16.2 Å². The highest BCUT2D eigenvalue weighted by molar-refractivity contribution is 7.13. The maximum absolute atomic E-state index is 9.38. The molecule has 0 saturated carbocycles. The van der Waals surface area contributed by atoms with Crippen molar-refractivity contribution < 1.29 is 0 Å². The Bertz CT molecular complexity index is 820. The summed E-state index contributed by atoms with van der Waals surface area (Å²) in [4.78, 5) is 6.91. The number of nitriles is 1. The Labute approximate surface area is 131 Å². The van der Waals surface area contributed by atoms with E-state index in [4.69, 9.17) is 0 Å². The van der Waals surface area contributed by atoms with Crippen LogP contribution < -0.4 is 0 Å². The lowest BCUT2D eigenvalue weighted by molar-refractivity contribution is 1.37. The summed E-state index contributed by atoms with van der Waals surface area (Å²) in [6.45, 7) is 2.06. The van der Waals surface area contributed by atoms with Gasteiger partial charge in [-0.1, -0.05) is 30.3 Å². The van der Waals surface area contributed by atoms with E-state index in [-0.39, 0.29) is 0 Å². The van der Waals surface area contributed by atoms with Gasteiger partial charge in [0.25, 0.3) is 0 Å². The van der Waals surface area contributed by atoms with Crippen molar-refractivity contribution in [2.24, 2.45) is 0 Å². The minimum absolute atomic E-state index is 0.615. The molecular weight excluding hydrogens is 296 g/mol. The number of thiazole rings is 1. The lowest BCUT2D eigenvalue weighted by Gasteiger charge is -1.95. The average molecular weight is 308 g/mol. The maximum Gasteiger partial charge on any atom is 0.134 e. The van der Waals surface area contributed by atoms with Gasteiger partial charge in [0.1, 0.15) is 11.1 Å². The van der Waals surface area contributed by atoms with Gasteiger partial charge >= 0.3 is 0 Å². The molecule has 0 aliphatic rings. The summed E-state index contributed by atoms with van der Waals surface area (Å²) in [6.07, 6.45) is 1.91. The Hall–Kier alpha value is -2.22. The highest BCUT2D eigenvalue weighted by Gasteiger charge is 2.09. The zero-order valence-corrected chi connectivity index (χ0v) is 13.0. The van der Waals surface area contributed by atoms with E-state index in [9.17, 15) is 5.26 Å². The molecule has 2 heterocycles. The van der Waals surface area contributed by atoms with Crippen LogP contribution in [0, 0.1) is 18.3 Å². The molecule has 0 unspecified atom stereocenters. The first-order valence-electron chi connectivity index (χ1n) is 6.46. The number of nitrogens with zero attached hydrogens (tertiary/aromatic N) is 2. The van der Waals surface area contributed by atoms with E-state index >= 15 is 0 Å². The molecule has 21 heavy (non-hydrogen) atoms. The molecule has 0 N–H and O–H groups in total. The number of allylic oxidation sites excluding steroid dienone is 1. The lowest BCUT2D eigenvalue weighted by atomic mass is 10.2. The second-order valence-corrected chi connectivity index (χ2v) is 6.70. The van der Waals surface area contributed by atoms with Gasteiger partial charge in [-0.2, -0.15) is 5.26 Å². The molecule has 0 bridgehead atoms. The third kappa shape index (κ3) is 3.10. The van der Waals surface area contributed by atoms with Crippen LogP contribution in [-0.4, -0.2) is 4.98 Å². The molecule has 0 fully saturated rings. The van der Waals surface area contributed by atoms with Crippen molar-refractivity contribution in [2.45, 2.75) is 6.92 Å². The van der Waals surface area contributed by atoms with E-state index in [2.05, 4.69) is 24.0 Å². The standard InChI is InChI=1S/C17H12N2S2/c1-12-7-8-15(21-12)9-14(10-18)17-19-16(11-20-17)13-5-3-2-4-6-13/h2-9,11H,1H3/b14-9-. The first-order valence-corrected chi connectivity index (χ1v) is 8.15. The van der Waals surface area contributed by atoms with Crippen molar-refractivity contribution in [3.63, 3.8) is 0 Å². The van der Waals surface area contributed by atoms with Crippen molar-refractivity contribution in [1.29, 1.82) is 5.26 Å². The number of thiophene rings is 1. The molecule has 3 aromatic rings. The largest absolute Gasteiger partial charge is 0.235 e. The molecule has 2 aromatic heterocycles. The van der Waals surface area contributed by atoms with Crippen LogP contribution in [0.3, 0.4) is 0 Å². The monoisotopic (exact) mass is 308 g/mol. The Morgan fingerprint density at radius 2 is 2.00 bits per heavy atom. The van der Waals surface area contributed by atoms with Crippen LogP contribution in [-0.2, 0) is 0 Å². The smallest absolute Gasteiger partial charge is 0.134 e. The number of benzene rings is 1. The number of rotatable bonds is 3. The van der Waals surface area contributed by atoms with Crippen LogP contribution in [0.25, 0.3) is 22.9 Å². The van der Waals surface area contributed by atoms with Crippen molar-refractivity contribution in [1.82, 2.24) is 4.98 Å². The van der Waals surface area contributed by atoms with Crippen LogP contribution in [0.5, 0.6) is 0 Å². The van der Waals surface area contributed by atoms with Crippen LogP contribution in [0.4, 0.5) is 0 Å². The summed E-state index contributed by atoms with van der Waals surface area (Å²) >= 11 is 3.18. The molecule has 102 valence electrons. The Morgan fingerprint density at radius 1 is 1.19 bits per heavy atom. The fourth-order valence-corrected chi connectivity index (χ4v) is 3.57. The molecule has 0 aliphatic heterocycles. The summed E-state index contributed by atoms with van der Waals surface area (Å²) in [5.74, 6) is 0. The van der Waals surface area contributed by atoms with Crippen LogP contribution in [0.1, 0.15) is 14.8 Å². The van der Waals surface area contributed by atoms with Gasteiger partial charge in [0.05, 0.1) is 11.3 Å². The van der Waals surface area contributed by atoms with Crippen molar-refractivity contribution in [3.8, 4) is 17.3 Å². The third-order valence-electron chi connectivity index (χ3n) is 2.97. The zero-order chi connectivity index (χ0) is 14.7. The lowest BCUT2D eigenvalue weighted by Crippen LogP contribution is -1.81. The predicted octanol–water partition coefficient (Wildman–Crippen LogP) is 5.24. The Morgan fingerprint density at radius 3 is 2.67 bits per heavy atom. The average Bonchev–Trinajstić information content (AvgIpc) is 3.15. The van der Waals surface area contributed by atoms with Gasteiger partial charge in [-0.25, -0.2) is 4.98 Å². The predicted molar refractivity (Wildman–Crippen MR) is 90.1 cm³/mol. The minimum atomic E-state index is 0.615. The number of hydrogen-bond donors (Lipinski definition) is 0. The Kier molecular flexibility index (Phi) is 3.96. The summed E-state index contributed by atoms with van der Waals surface area (Å²) in [7, 11) is 0. The second-order valence-electron chi connectivity index (χ2n) is 4.52. The summed E-state index contributed by atoms with van der Waals surface area (Å²) in [5.41, 5.74) is 2.60. The van der Waals surface area contributed by atoms with Gasteiger partial charge < -0.3 is 0 Å². The second kappa shape index (κ2) is 6.04. The van der Waals surface area contributed by atoms with Gasteiger partial charge in [-0.3, -0.25) is 0 Å². The molecule has 0 amide bonds. The fourth-order valence-electron chi connectivity index (χ4n) is 1.95. The highest BCUT2D eigenvalue weighted by atomic mass is 32.1. The fraction of sp³-hybridized carbons (Fsp3) is 0.0588. The van der Waals surface area contributed by atoms with Crippen molar-refractivity contribution in [2.75, 3.05) is 0 Å². The van der Waals surface area contributed by atoms with Gasteiger partial charge in [0.2, 0.25) is 0 Å². The molecule has 0 radical (unpaired) electrons. The number of aromatic nitrogens is 1. The molecule has 2 nitrogen and oxygen atoms in total. The SMILES string of the molecule is Cc1ccc(/C=C(/C#N)c2nc(-c3ccccc3)cs2)s1. The normalized spacial score (nSPS) is 11.3. The third-order valence-corrected chi connectivity index (χ3v) is 4.80. The quantitative estimate of drug-likeness (QED) is 0.620.